The van der Waals surface area contributed by atoms with Crippen molar-refractivity contribution in [2.45, 2.75) is 25.4 Å². The topological polar surface area (TPSA) is 86.4 Å². The van der Waals surface area contributed by atoms with Gasteiger partial charge in [0.05, 0.1) is 12.3 Å². The Morgan fingerprint density at radius 3 is 2.55 bits per heavy atom. The van der Waals surface area contributed by atoms with Gasteiger partial charge in [-0.05, 0) is 71.3 Å². The highest BCUT2D eigenvalue weighted by atomic mass is 16.5. The molecule has 3 aromatic carbocycles. The number of carbonyl (C=O) groups excluding carboxylic acids is 1. The van der Waals surface area contributed by atoms with E-state index < -0.39 is 0 Å². The van der Waals surface area contributed by atoms with E-state index in [1.165, 1.54) is 5.56 Å². The highest BCUT2D eigenvalue weighted by Crippen LogP contribution is 2.30. The van der Waals surface area contributed by atoms with E-state index in [9.17, 15) is 9.90 Å². The first-order valence-corrected chi connectivity index (χ1v) is 11.3. The van der Waals surface area contributed by atoms with Crippen LogP contribution in [0.15, 0.2) is 72.9 Å². The summed E-state index contributed by atoms with van der Waals surface area (Å²) in [6.45, 7) is 1.63. The summed E-state index contributed by atoms with van der Waals surface area (Å²) in [6, 6.07) is 21.7. The molecular formula is C27H27N3O3. The van der Waals surface area contributed by atoms with Gasteiger partial charge in [-0.25, -0.2) is 4.79 Å². The number of aromatic nitrogens is 1. The first-order valence-electron chi connectivity index (χ1n) is 11.3. The molecule has 0 atom stereocenters. The number of anilines is 2. The second-order valence-electron chi connectivity index (χ2n) is 8.41. The lowest BCUT2D eigenvalue weighted by Gasteiger charge is -2.22. The van der Waals surface area contributed by atoms with Crippen LogP contribution in [0.1, 0.15) is 29.9 Å². The Kier molecular flexibility index (Phi) is 6.11. The van der Waals surface area contributed by atoms with Crippen molar-refractivity contribution in [3.63, 3.8) is 0 Å². The van der Waals surface area contributed by atoms with Crippen molar-refractivity contribution < 1.29 is 14.6 Å². The average Bonchev–Trinajstić information content (AvgIpc) is 3.27. The molecule has 6 nitrogen and oxygen atoms in total. The van der Waals surface area contributed by atoms with E-state index in [1.54, 1.807) is 6.20 Å². The molecule has 5 rings (SSSR count). The smallest absolute Gasteiger partial charge is 0.323 e. The lowest BCUT2D eigenvalue weighted by molar-refractivity contribution is 0.0853. The maximum Gasteiger partial charge on any atom is 0.323 e. The SMILES string of the molecule is O=C(Nc1ccc(C2CCOCC2)cc1)Nc1c[nH]c2ccc(-c3cccc(CO)c3)cc12. The number of aliphatic hydroxyl groups excluding tert-OH is 1. The van der Waals surface area contributed by atoms with Gasteiger partial charge in [0.1, 0.15) is 0 Å². The molecule has 0 radical (unpaired) electrons. The molecule has 168 valence electrons. The average molecular weight is 442 g/mol. The van der Waals surface area contributed by atoms with Crippen molar-refractivity contribution in [2.75, 3.05) is 23.8 Å². The first-order chi connectivity index (χ1) is 16.2. The van der Waals surface area contributed by atoms with E-state index in [2.05, 4.69) is 27.8 Å². The Balaban J connectivity index is 1.30. The number of rotatable bonds is 5. The van der Waals surface area contributed by atoms with Crippen LogP contribution in [0.4, 0.5) is 16.2 Å². The van der Waals surface area contributed by atoms with Gasteiger partial charge >= 0.3 is 6.03 Å². The fraction of sp³-hybridized carbons (Fsp3) is 0.222. The zero-order valence-corrected chi connectivity index (χ0v) is 18.3. The number of aromatic amines is 1. The fourth-order valence-corrected chi connectivity index (χ4v) is 4.41. The molecule has 33 heavy (non-hydrogen) atoms. The van der Waals surface area contributed by atoms with Crippen LogP contribution in [0.5, 0.6) is 0 Å². The normalized spacial score (nSPS) is 14.3. The standard InChI is InChI=1S/C27H27N3O3/c31-17-18-2-1-3-21(14-18)22-6-9-25-24(15-22)26(16-28-25)30-27(32)29-23-7-4-19(5-8-23)20-10-12-33-13-11-20/h1-9,14-16,20,28,31H,10-13,17H2,(H2,29,30,32). The molecule has 0 aliphatic carbocycles. The molecule has 4 aromatic rings. The van der Waals surface area contributed by atoms with E-state index >= 15 is 0 Å². The number of amides is 2. The van der Waals surface area contributed by atoms with E-state index in [4.69, 9.17) is 4.74 Å². The van der Waals surface area contributed by atoms with Crippen LogP contribution in [0.3, 0.4) is 0 Å². The number of fused-ring (bicyclic) bond motifs is 1. The van der Waals surface area contributed by atoms with E-state index in [0.29, 0.717) is 11.6 Å². The molecule has 6 heteroatoms. The lowest BCUT2D eigenvalue weighted by atomic mass is 9.92. The van der Waals surface area contributed by atoms with Gasteiger partial charge in [-0.3, -0.25) is 0 Å². The third kappa shape index (κ3) is 4.77. The Morgan fingerprint density at radius 1 is 0.970 bits per heavy atom. The van der Waals surface area contributed by atoms with E-state index in [0.717, 1.165) is 59.3 Å². The summed E-state index contributed by atoms with van der Waals surface area (Å²) in [7, 11) is 0. The van der Waals surface area contributed by atoms with Crippen LogP contribution in [0, 0.1) is 0 Å². The van der Waals surface area contributed by atoms with Crippen molar-refractivity contribution in [1.82, 2.24) is 4.98 Å². The maximum atomic E-state index is 12.7. The van der Waals surface area contributed by atoms with Gasteiger partial charge in [0, 0.05) is 36.0 Å². The van der Waals surface area contributed by atoms with Crippen LogP contribution in [0.2, 0.25) is 0 Å². The summed E-state index contributed by atoms with van der Waals surface area (Å²) in [4.78, 5) is 15.9. The monoisotopic (exact) mass is 441 g/mol. The van der Waals surface area contributed by atoms with Gasteiger partial charge in [0.25, 0.3) is 0 Å². The van der Waals surface area contributed by atoms with Crippen molar-refractivity contribution in [1.29, 1.82) is 0 Å². The minimum Gasteiger partial charge on any atom is -0.392 e. The molecule has 0 saturated carbocycles. The number of ether oxygens (including phenoxy) is 1. The van der Waals surface area contributed by atoms with Gasteiger partial charge in [-0.15, -0.1) is 0 Å². The number of aliphatic hydroxyl groups is 1. The first kappa shape index (κ1) is 21.2. The summed E-state index contributed by atoms with van der Waals surface area (Å²) in [6.07, 6.45) is 3.88. The van der Waals surface area contributed by atoms with Gasteiger partial charge in [-0.2, -0.15) is 0 Å². The second kappa shape index (κ2) is 9.48. The van der Waals surface area contributed by atoms with E-state index in [-0.39, 0.29) is 12.6 Å². The molecule has 4 N–H and O–H groups in total. The molecule has 1 saturated heterocycles. The Morgan fingerprint density at radius 2 is 1.76 bits per heavy atom. The number of hydrogen-bond donors (Lipinski definition) is 4. The zero-order valence-electron chi connectivity index (χ0n) is 18.3. The summed E-state index contributed by atoms with van der Waals surface area (Å²) < 4.78 is 5.44. The zero-order chi connectivity index (χ0) is 22.6. The molecule has 1 fully saturated rings. The highest BCUT2D eigenvalue weighted by Gasteiger charge is 2.16. The number of nitrogens with one attached hydrogen (secondary N) is 3. The predicted octanol–water partition coefficient (Wildman–Crippen LogP) is 5.87. The molecular weight excluding hydrogens is 414 g/mol. The number of hydrogen-bond acceptors (Lipinski definition) is 3. The number of urea groups is 1. The molecule has 0 unspecified atom stereocenters. The van der Waals surface area contributed by atoms with Crippen molar-refractivity contribution >= 4 is 28.3 Å². The van der Waals surface area contributed by atoms with Crippen molar-refractivity contribution in [2.24, 2.45) is 0 Å². The largest absolute Gasteiger partial charge is 0.392 e. The second-order valence-corrected chi connectivity index (χ2v) is 8.41. The molecule has 2 amide bonds. The molecule has 1 aromatic heterocycles. The summed E-state index contributed by atoms with van der Waals surface area (Å²) in [5.74, 6) is 0.528. The third-order valence-corrected chi connectivity index (χ3v) is 6.23. The van der Waals surface area contributed by atoms with Crippen LogP contribution < -0.4 is 10.6 Å². The summed E-state index contributed by atoms with van der Waals surface area (Å²) >= 11 is 0. The Hall–Kier alpha value is -3.61. The minimum absolute atomic E-state index is 0.00324. The Labute approximate surface area is 192 Å². The Bertz CT molecular complexity index is 1260. The highest BCUT2D eigenvalue weighted by molar-refractivity contribution is 6.06. The summed E-state index contributed by atoms with van der Waals surface area (Å²) in [5.41, 5.74) is 6.59. The van der Waals surface area contributed by atoms with Crippen LogP contribution in [-0.2, 0) is 11.3 Å². The number of carbonyl (C=O) groups is 1. The third-order valence-electron chi connectivity index (χ3n) is 6.23. The molecule has 1 aliphatic rings. The predicted molar refractivity (Wildman–Crippen MR) is 132 cm³/mol. The molecule has 2 heterocycles. The number of H-pyrrole nitrogens is 1. The van der Waals surface area contributed by atoms with Gasteiger partial charge < -0.3 is 25.5 Å². The number of benzene rings is 3. The summed E-state index contributed by atoms with van der Waals surface area (Å²) in [5, 5.41) is 16.2. The van der Waals surface area contributed by atoms with Crippen molar-refractivity contribution in [3.05, 3.63) is 84.1 Å². The minimum atomic E-state index is -0.289. The van der Waals surface area contributed by atoms with Crippen LogP contribution >= 0.6 is 0 Å². The molecule has 0 spiro atoms. The lowest BCUT2D eigenvalue weighted by Crippen LogP contribution is -2.19. The van der Waals surface area contributed by atoms with Crippen LogP contribution in [0.25, 0.3) is 22.0 Å². The van der Waals surface area contributed by atoms with Gasteiger partial charge in [0.15, 0.2) is 0 Å². The molecule has 0 bridgehead atoms. The van der Waals surface area contributed by atoms with Crippen LogP contribution in [-0.4, -0.2) is 29.3 Å². The van der Waals surface area contributed by atoms with Gasteiger partial charge in [0.2, 0.25) is 0 Å². The molecule has 1 aliphatic heterocycles. The maximum absolute atomic E-state index is 12.7. The fourth-order valence-electron chi connectivity index (χ4n) is 4.41. The van der Waals surface area contributed by atoms with Gasteiger partial charge in [-0.1, -0.05) is 36.4 Å². The quantitative estimate of drug-likeness (QED) is 0.313. The van der Waals surface area contributed by atoms with E-state index in [1.807, 2.05) is 54.6 Å². The van der Waals surface area contributed by atoms with Crippen molar-refractivity contribution in [3.8, 4) is 11.1 Å².